The zero-order valence-corrected chi connectivity index (χ0v) is 18.5. The number of rotatable bonds is 8. The van der Waals surface area contributed by atoms with Gasteiger partial charge in [0.25, 0.3) is 5.91 Å². The number of thiazole rings is 1. The second-order valence-electron chi connectivity index (χ2n) is 6.88. The summed E-state index contributed by atoms with van der Waals surface area (Å²) in [4.78, 5) is 21.1. The summed E-state index contributed by atoms with van der Waals surface area (Å²) >= 11 is 7.42. The zero-order valence-electron chi connectivity index (χ0n) is 16.9. The highest BCUT2D eigenvalue weighted by Crippen LogP contribution is 2.28. The van der Waals surface area contributed by atoms with Crippen molar-refractivity contribution in [1.82, 2.24) is 15.3 Å². The molecule has 2 aromatic heterocycles. The maximum Gasteiger partial charge on any atom is 0.270 e. The normalized spacial score (nSPS) is 10.7. The predicted octanol–water partition coefficient (Wildman–Crippen LogP) is 5.55. The molecule has 0 bridgehead atoms. The van der Waals surface area contributed by atoms with E-state index in [0.717, 1.165) is 11.3 Å². The Morgan fingerprint density at radius 1 is 1.12 bits per heavy atom. The smallest absolute Gasteiger partial charge is 0.270 e. The number of hydrogen-bond acceptors (Lipinski definition) is 5. The van der Waals surface area contributed by atoms with Gasteiger partial charge in [-0.15, -0.1) is 11.3 Å². The molecule has 8 heteroatoms. The lowest BCUT2D eigenvalue weighted by Gasteiger charge is -2.09. The predicted molar refractivity (Wildman–Crippen MR) is 124 cm³/mol. The van der Waals surface area contributed by atoms with Crippen LogP contribution in [0.5, 0.6) is 5.75 Å². The van der Waals surface area contributed by atoms with Gasteiger partial charge in [0.05, 0.1) is 5.02 Å². The minimum Gasteiger partial charge on any atom is -0.489 e. The van der Waals surface area contributed by atoms with Crippen molar-refractivity contribution >= 4 is 28.8 Å². The summed E-state index contributed by atoms with van der Waals surface area (Å²) in [6, 6.07) is 17.5. The molecule has 1 N–H and O–H groups in total. The molecule has 4 rings (SSSR count). The Bertz CT molecular complexity index is 1200. The summed E-state index contributed by atoms with van der Waals surface area (Å²) in [5.41, 5.74) is 2.38. The average Bonchev–Trinajstić information content (AvgIpc) is 3.30. The first kappa shape index (κ1) is 21.9. The van der Waals surface area contributed by atoms with Crippen LogP contribution in [0.15, 0.2) is 72.2 Å². The van der Waals surface area contributed by atoms with E-state index in [0.29, 0.717) is 40.0 Å². The van der Waals surface area contributed by atoms with E-state index in [1.165, 1.54) is 17.4 Å². The quantitative estimate of drug-likeness (QED) is 0.369. The molecule has 2 heterocycles. The fourth-order valence-electron chi connectivity index (χ4n) is 3.00. The van der Waals surface area contributed by atoms with Gasteiger partial charge in [-0.2, -0.15) is 0 Å². The molecule has 0 aliphatic rings. The Labute approximate surface area is 193 Å². The fraction of sp³-hybridized carbons (Fsp3) is 0.125. The zero-order chi connectivity index (χ0) is 22.3. The topological polar surface area (TPSA) is 64.1 Å². The maximum absolute atomic E-state index is 13.9. The van der Waals surface area contributed by atoms with E-state index < -0.39 is 5.82 Å². The molecule has 0 unspecified atom stereocenters. The van der Waals surface area contributed by atoms with E-state index in [1.54, 1.807) is 35.8 Å². The van der Waals surface area contributed by atoms with Crippen molar-refractivity contribution in [3.05, 3.63) is 100 Å². The van der Waals surface area contributed by atoms with Gasteiger partial charge in [-0.25, -0.2) is 9.37 Å². The van der Waals surface area contributed by atoms with Gasteiger partial charge in [0, 0.05) is 41.4 Å². The molecule has 0 saturated heterocycles. The van der Waals surface area contributed by atoms with Crippen molar-refractivity contribution in [2.45, 2.75) is 13.0 Å². The average molecular weight is 468 g/mol. The summed E-state index contributed by atoms with van der Waals surface area (Å²) < 4.78 is 19.7. The summed E-state index contributed by atoms with van der Waals surface area (Å²) in [5, 5.41) is 5.59. The highest BCUT2D eigenvalue weighted by atomic mass is 35.5. The van der Waals surface area contributed by atoms with E-state index in [4.69, 9.17) is 16.3 Å². The molecule has 0 spiro atoms. The number of halogens is 2. The fourth-order valence-corrected chi connectivity index (χ4v) is 4.01. The molecule has 0 fully saturated rings. The Morgan fingerprint density at radius 2 is 2.00 bits per heavy atom. The molecule has 1 amide bonds. The first-order chi connectivity index (χ1) is 15.6. The number of nitrogens with zero attached hydrogens (tertiary/aromatic N) is 2. The molecule has 0 saturated carbocycles. The molecule has 2 aromatic carbocycles. The number of nitrogens with one attached hydrogen (secondary N) is 1. The van der Waals surface area contributed by atoms with Crippen LogP contribution in [0.2, 0.25) is 5.02 Å². The van der Waals surface area contributed by atoms with Gasteiger partial charge >= 0.3 is 0 Å². The van der Waals surface area contributed by atoms with Crippen molar-refractivity contribution in [3.8, 4) is 16.3 Å². The Balaban J connectivity index is 1.38. The van der Waals surface area contributed by atoms with Crippen molar-refractivity contribution in [2.75, 3.05) is 6.54 Å². The van der Waals surface area contributed by atoms with Gasteiger partial charge in [0.15, 0.2) is 0 Å². The van der Waals surface area contributed by atoms with Crippen molar-refractivity contribution < 1.29 is 13.9 Å². The van der Waals surface area contributed by atoms with E-state index in [1.807, 2.05) is 30.3 Å². The first-order valence-electron chi connectivity index (χ1n) is 9.90. The van der Waals surface area contributed by atoms with Crippen LogP contribution < -0.4 is 10.1 Å². The lowest BCUT2D eigenvalue weighted by molar-refractivity contribution is 0.0950. The van der Waals surface area contributed by atoms with E-state index in [2.05, 4.69) is 15.3 Å². The second-order valence-corrected chi connectivity index (χ2v) is 8.15. The number of ether oxygens (including phenoxy) is 1. The van der Waals surface area contributed by atoms with Crippen molar-refractivity contribution in [1.29, 1.82) is 0 Å². The van der Waals surface area contributed by atoms with Crippen molar-refractivity contribution in [2.24, 2.45) is 0 Å². The third-order valence-electron chi connectivity index (χ3n) is 4.66. The minimum atomic E-state index is -0.410. The number of amides is 1. The van der Waals surface area contributed by atoms with Crippen LogP contribution in [-0.4, -0.2) is 22.4 Å². The summed E-state index contributed by atoms with van der Waals surface area (Å²) in [5.74, 6) is -0.0873. The molecular weight excluding hydrogens is 449 g/mol. The van der Waals surface area contributed by atoms with Crippen molar-refractivity contribution in [3.63, 3.8) is 0 Å². The summed E-state index contributed by atoms with van der Waals surface area (Å²) in [7, 11) is 0. The van der Waals surface area contributed by atoms with Gasteiger partial charge in [0.1, 0.15) is 28.9 Å². The number of hydrogen-bond donors (Lipinski definition) is 1. The van der Waals surface area contributed by atoms with Gasteiger partial charge in [-0.05, 0) is 36.4 Å². The lowest BCUT2D eigenvalue weighted by Crippen LogP contribution is -2.26. The van der Waals surface area contributed by atoms with Crippen LogP contribution >= 0.6 is 22.9 Å². The Morgan fingerprint density at radius 3 is 2.81 bits per heavy atom. The van der Waals surface area contributed by atoms with E-state index >= 15 is 0 Å². The van der Waals surface area contributed by atoms with Crippen LogP contribution in [-0.2, 0) is 13.0 Å². The highest BCUT2D eigenvalue weighted by molar-refractivity contribution is 7.13. The largest absolute Gasteiger partial charge is 0.489 e. The van der Waals surface area contributed by atoms with E-state index in [9.17, 15) is 9.18 Å². The molecule has 0 aliphatic carbocycles. The molecular formula is C24H19ClFN3O2S. The molecule has 0 aliphatic heterocycles. The van der Waals surface area contributed by atoms with Crippen LogP contribution in [0.3, 0.4) is 0 Å². The van der Waals surface area contributed by atoms with Crippen LogP contribution in [0, 0.1) is 5.82 Å². The molecule has 162 valence electrons. The second kappa shape index (κ2) is 10.3. The number of aromatic nitrogens is 2. The molecule has 4 aromatic rings. The molecule has 0 atom stereocenters. The van der Waals surface area contributed by atoms with Crippen LogP contribution in [0.25, 0.3) is 10.6 Å². The van der Waals surface area contributed by atoms with Gasteiger partial charge in [-0.3, -0.25) is 9.78 Å². The van der Waals surface area contributed by atoms with Gasteiger partial charge in [0.2, 0.25) is 0 Å². The third-order valence-corrected chi connectivity index (χ3v) is 5.90. The maximum atomic E-state index is 13.9. The third kappa shape index (κ3) is 5.49. The molecule has 0 radical (unpaired) electrons. The Hall–Kier alpha value is -3.29. The minimum absolute atomic E-state index is 0.0107. The van der Waals surface area contributed by atoms with E-state index in [-0.39, 0.29) is 12.5 Å². The lowest BCUT2D eigenvalue weighted by atomic mass is 10.2. The van der Waals surface area contributed by atoms with Crippen LogP contribution in [0.1, 0.15) is 21.7 Å². The number of benzene rings is 2. The SMILES string of the molecule is O=C(NCCc1ccccn1)c1csc(-c2cccc(OCc3c(F)cccc3Cl)c2)n1. The summed E-state index contributed by atoms with van der Waals surface area (Å²) in [6.07, 6.45) is 2.38. The van der Waals surface area contributed by atoms with Crippen LogP contribution in [0.4, 0.5) is 4.39 Å². The highest BCUT2D eigenvalue weighted by Gasteiger charge is 2.13. The first-order valence-corrected chi connectivity index (χ1v) is 11.2. The summed E-state index contributed by atoms with van der Waals surface area (Å²) in [6.45, 7) is 0.487. The number of carbonyl (C=O) groups is 1. The number of carbonyl (C=O) groups excluding carboxylic acids is 1. The number of pyridine rings is 1. The molecule has 5 nitrogen and oxygen atoms in total. The van der Waals surface area contributed by atoms with Gasteiger partial charge in [-0.1, -0.05) is 35.9 Å². The monoisotopic (exact) mass is 467 g/mol. The standard InChI is InChI=1S/C24H19ClFN3O2S/c25-20-8-4-9-21(26)19(20)14-31-18-7-3-5-16(13-18)24-29-22(15-32-24)23(30)28-12-10-17-6-1-2-11-27-17/h1-9,11,13,15H,10,12,14H2,(H,28,30). The van der Waals surface area contributed by atoms with Gasteiger partial charge < -0.3 is 10.1 Å². The Kier molecular flexibility index (Phi) is 7.09. The molecule has 32 heavy (non-hydrogen) atoms.